The number of carbonyl (C=O) groups excluding carboxylic acids is 8. The normalized spacial score (nSPS) is 11.3. The molecule has 0 fully saturated rings. The number of thioether (sulfide) groups is 1. The summed E-state index contributed by atoms with van der Waals surface area (Å²) < 4.78 is 67.6. The number of rotatable bonds is 40. The molecule has 1 atom stereocenters. The van der Waals surface area contributed by atoms with Gasteiger partial charge in [0.05, 0.1) is 92.8 Å². The van der Waals surface area contributed by atoms with Crippen LogP contribution in [0.15, 0.2) is 108 Å². The molecule has 0 aliphatic rings. The molecule has 0 bridgehead atoms. The van der Waals surface area contributed by atoms with Crippen molar-refractivity contribution in [1.82, 2.24) is 29.9 Å². The van der Waals surface area contributed by atoms with Crippen LogP contribution in [0, 0.1) is 11.8 Å². The van der Waals surface area contributed by atoms with Gasteiger partial charge in [-0.2, -0.15) is 11.8 Å². The minimum Gasteiger partial charge on any atom is -0.493 e. The zero-order valence-corrected chi connectivity index (χ0v) is 81.0. The quantitative estimate of drug-likeness (QED) is 0.0165. The Morgan fingerprint density at radius 1 is 0.411 bits per heavy atom. The zero-order chi connectivity index (χ0) is 95.1. The van der Waals surface area contributed by atoms with Crippen LogP contribution in [-0.2, 0) is 41.4 Å². The van der Waals surface area contributed by atoms with Crippen LogP contribution in [0.4, 0.5) is 30.8 Å². The molecule has 10 aromatic rings. The Hall–Kier alpha value is -11.7. The van der Waals surface area contributed by atoms with Crippen LogP contribution in [0.3, 0.4) is 0 Å². The lowest BCUT2D eigenvalue weighted by Crippen LogP contribution is -2.42. The zero-order valence-electron chi connectivity index (χ0n) is 74.5. The summed E-state index contributed by atoms with van der Waals surface area (Å²) in [5, 5.41) is 39.5. The van der Waals surface area contributed by atoms with Gasteiger partial charge in [-0.15, -0.1) is 22.7 Å². The highest BCUT2D eigenvalue weighted by Gasteiger charge is 2.34. The van der Waals surface area contributed by atoms with E-state index in [9.17, 15) is 52.2 Å². The third kappa shape index (κ3) is 35.3. The minimum atomic E-state index is -1.45. The Morgan fingerprint density at radius 2 is 0.698 bits per heavy atom. The van der Waals surface area contributed by atoms with E-state index in [-0.39, 0.29) is 112 Å². The van der Waals surface area contributed by atoms with Crippen LogP contribution in [0.2, 0.25) is 0 Å². The van der Waals surface area contributed by atoms with Crippen molar-refractivity contribution in [3.63, 3.8) is 0 Å². The molecule has 0 spiro atoms. The fraction of sp³-hybridized carbons (Fsp3) is 0.395. The number of anilines is 6. The van der Waals surface area contributed by atoms with Gasteiger partial charge < -0.3 is 57.6 Å². The second-order valence-electron chi connectivity index (χ2n) is 30.4. The Balaban J connectivity index is 0.000000239. The van der Waals surface area contributed by atoms with Gasteiger partial charge in [0.2, 0.25) is 0 Å². The molecule has 129 heavy (non-hydrogen) atoms. The molecule has 35 nitrogen and oxygen atoms in total. The van der Waals surface area contributed by atoms with Crippen LogP contribution in [0.5, 0.6) is 46.0 Å². The molecule has 0 radical (unpaired) electrons. The number of aromatic nitrogens is 6. The number of nitrogens with one attached hydrogen (secondary N) is 6. The Morgan fingerprint density at radius 3 is 1.00 bits per heavy atom. The van der Waals surface area contributed by atoms with E-state index in [4.69, 9.17) is 57.6 Å². The van der Waals surface area contributed by atoms with E-state index in [0.29, 0.717) is 92.4 Å². The highest BCUT2D eigenvalue weighted by atomic mass is 32.2. The van der Waals surface area contributed by atoms with Gasteiger partial charge >= 0.3 is 23.9 Å². The molecule has 0 saturated carbocycles. The largest absolute Gasteiger partial charge is 0.493 e. The van der Waals surface area contributed by atoms with Gasteiger partial charge in [-0.1, -0.05) is 73.0 Å². The number of hydrogen-bond acceptors (Lipinski definition) is 34. The van der Waals surface area contributed by atoms with E-state index in [1.54, 1.807) is 101 Å². The first-order valence-corrected chi connectivity index (χ1v) is 48.1. The Bertz CT molecular complexity index is 5540. The Labute approximate surface area is 776 Å². The lowest BCUT2D eigenvalue weighted by atomic mass is 10.1. The third-order valence-electron chi connectivity index (χ3n) is 15.5. The van der Waals surface area contributed by atoms with Gasteiger partial charge in [-0.25, -0.2) is 49.1 Å². The van der Waals surface area contributed by atoms with E-state index in [0.717, 1.165) is 69.2 Å². The first-order valence-electron chi connectivity index (χ1n) is 40.0. The van der Waals surface area contributed by atoms with Crippen LogP contribution in [-0.4, -0.2) is 178 Å². The predicted molar refractivity (Wildman–Crippen MR) is 501 cm³/mol. The average molecular weight is 1930 g/mol. The number of carboxylic acid groups (broad SMARTS) is 2. The van der Waals surface area contributed by atoms with Gasteiger partial charge in [-0.3, -0.25) is 64.9 Å². The van der Waals surface area contributed by atoms with Gasteiger partial charge in [0, 0.05) is 80.1 Å². The highest BCUT2D eigenvalue weighted by Crippen LogP contribution is 2.35. The molecule has 0 aliphatic carbocycles. The van der Waals surface area contributed by atoms with Gasteiger partial charge in [0.1, 0.15) is 65.5 Å². The fourth-order valence-corrected chi connectivity index (χ4v) is 15.5. The summed E-state index contributed by atoms with van der Waals surface area (Å²) in [6.45, 7) is 34.3. The number of aromatic carboxylic acids is 2. The fourth-order valence-electron chi connectivity index (χ4n) is 10.2. The first-order chi connectivity index (χ1) is 60.8. The molecule has 8 N–H and O–H groups in total. The van der Waals surface area contributed by atoms with E-state index < -0.39 is 69.5 Å². The van der Waals surface area contributed by atoms with E-state index >= 15 is 0 Å². The number of thiazole rings is 6. The van der Waals surface area contributed by atoms with Crippen molar-refractivity contribution in [2.24, 2.45) is 11.8 Å². The molecular formula is C86H104N12O23S8. The Kier molecular flexibility index (Phi) is 40.2. The maximum atomic E-state index is 13.1. The van der Waals surface area contributed by atoms with Crippen molar-refractivity contribution >= 4 is 181 Å². The molecule has 6 heterocycles. The SMILES string of the molecule is CC(C)COc1cc(OC(C)C)cc(C(=O)Nc2nc(CS(C)=O)cs2)c1.CC(C)Oc1cc(OC(C)(C)C(=O)Nc2ncc(C(=O)O)s2)cc(C(=O)Nc2ncc(C(=O)O)s2)c1.CCOC(=O)c1cnc(NC(=O)c2cc(OC(C)C)cc(OC(C)(C)C(=O)Nc3ncc(C(=O)OCC)s3)c2)s1.CSCc1csc(NC(=O)c2cc(OCC(C)C)cc(OC(C)C)c2)n1. The number of ether oxygens (including phenoxy) is 10. The summed E-state index contributed by atoms with van der Waals surface area (Å²) in [7, 11) is -0.972. The third-order valence-corrected chi connectivity index (χ3v) is 22.0. The molecule has 43 heteroatoms. The second kappa shape index (κ2) is 49.7. The first kappa shape index (κ1) is 104. The summed E-state index contributed by atoms with van der Waals surface area (Å²) in [5.41, 5.74) is 0.0268. The summed E-state index contributed by atoms with van der Waals surface area (Å²) in [5.74, 6) is -0.761. The number of benzene rings is 4. The number of hydrogen-bond donors (Lipinski definition) is 8. The summed E-state index contributed by atoms with van der Waals surface area (Å²) >= 11 is 7.99. The van der Waals surface area contributed by atoms with Crippen molar-refractivity contribution in [2.45, 2.75) is 172 Å². The number of nitrogens with zero attached hydrogens (tertiary/aromatic N) is 6. The molecule has 1 unspecified atom stereocenters. The smallest absolute Gasteiger partial charge is 0.350 e. The minimum absolute atomic E-state index is 0.0133. The summed E-state index contributed by atoms with van der Waals surface area (Å²) in [6.07, 6.45) is 8.13. The number of esters is 2. The maximum Gasteiger partial charge on any atom is 0.350 e. The lowest BCUT2D eigenvalue weighted by molar-refractivity contribution is -0.129. The van der Waals surface area contributed by atoms with Crippen LogP contribution in [0.25, 0.3) is 0 Å². The summed E-state index contributed by atoms with van der Waals surface area (Å²) in [4.78, 5) is 148. The summed E-state index contributed by atoms with van der Waals surface area (Å²) in [6, 6.07) is 19.4. The predicted octanol–water partition coefficient (Wildman–Crippen LogP) is 17.8. The van der Waals surface area contributed by atoms with Crippen LogP contribution in [0.1, 0.15) is 216 Å². The van der Waals surface area contributed by atoms with Crippen molar-refractivity contribution in [2.75, 3.05) is 70.8 Å². The average Bonchev–Trinajstić information content (AvgIpc) is 1.71. The second-order valence-corrected chi connectivity index (χ2v) is 38.5. The van der Waals surface area contributed by atoms with Gasteiger partial charge in [0.15, 0.2) is 42.0 Å². The van der Waals surface area contributed by atoms with E-state index in [2.05, 4.69) is 89.5 Å². The van der Waals surface area contributed by atoms with E-state index in [1.165, 1.54) is 79.2 Å². The number of carbonyl (C=O) groups is 10. The molecule has 6 aromatic heterocycles. The molecule has 0 saturated heterocycles. The number of amides is 6. The molecule has 0 aliphatic heterocycles. The van der Waals surface area contributed by atoms with Crippen LogP contribution < -0.4 is 69.8 Å². The van der Waals surface area contributed by atoms with Crippen molar-refractivity contribution < 1.29 is 110 Å². The molecule has 10 rings (SSSR count). The van der Waals surface area contributed by atoms with Crippen LogP contribution >= 0.6 is 79.8 Å². The lowest BCUT2D eigenvalue weighted by Gasteiger charge is -2.25. The molecule has 6 amide bonds. The maximum absolute atomic E-state index is 13.1. The van der Waals surface area contributed by atoms with Crippen molar-refractivity contribution in [3.05, 3.63) is 161 Å². The molecule has 4 aromatic carbocycles. The monoisotopic (exact) mass is 1930 g/mol. The van der Waals surface area contributed by atoms with Gasteiger partial charge in [0.25, 0.3) is 35.4 Å². The highest BCUT2D eigenvalue weighted by molar-refractivity contribution is 7.97. The number of carboxylic acids is 2. The van der Waals surface area contributed by atoms with E-state index in [1.807, 2.05) is 59.2 Å². The topological polar surface area (TPSA) is 470 Å². The standard InChI is InChI=1S/C26H30N4O8S2.C22H22N4O8S2.C19H26N2O4S2.C19H26N2O3S2/c1-7-35-21(32)18-12-27-24(39-18)29-20(31)15-9-16(37-14(3)4)11-17(10-15)38-26(5,6)23(34)30-25-28-13-19(40-25)22(33)36-8-2;1-10(2)33-12-5-11(16(27)25-20-23-8-14(35-20)17(28)29)6-13(7-12)34-22(3,4)19(32)26-21-24-9-15(36-21)18(30)31;1-12(2)9-24-16-6-14(7-17(8-16)25-13(3)4)18(22)21-19-20-15(10-26-19)11-27(5)23;1-12(2)9-23-16-6-14(7-17(8-16)24-13(3)4)18(22)21-19-20-15(10-25-5)11-26-19/h9-14H,7-8H2,1-6H3,(H,27,29,31)(H,28,30,34);5-10H,1-4H3,(H,28,29)(H,30,31)(H,23,25,27)(H,24,26,32);6-8,10,12-13H,9,11H2,1-5H3,(H,20,21,22);6-8,11-13H,9-10H2,1-5H3,(H,20,21,22). The van der Waals surface area contributed by atoms with Crippen molar-refractivity contribution in [1.29, 1.82) is 0 Å². The molecule has 694 valence electrons. The van der Waals surface area contributed by atoms with Gasteiger partial charge in [-0.05, 0) is 164 Å². The van der Waals surface area contributed by atoms with Crippen molar-refractivity contribution in [3.8, 4) is 46.0 Å². The molecular weight excluding hydrogens is 1830 g/mol.